The van der Waals surface area contributed by atoms with Gasteiger partial charge in [-0.2, -0.15) is 0 Å². The van der Waals surface area contributed by atoms with E-state index in [1.807, 2.05) is 24.3 Å². The lowest BCUT2D eigenvalue weighted by Gasteiger charge is -2.09. The number of methoxy groups -OCH3 is 1. The predicted octanol–water partition coefficient (Wildman–Crippen LogP) is 2.49. The molecule has 2 nitrogen and oxygen atoms in total. The number of hydrogen-bond acceptors (Lipinski definition) is 2. The molecular weight excluding hydrogens is 200 g/mol. The Kier molecular flexibility index (Phi) is 5.42. The van der Waals surface area contributed by atoms with E-state index in [1.54, 1.807) is 7.11 Å². The van der Waals surface area contributed by atoms with Crippen molar-refractivity contribution < 1.29 is 9.47 Å². The lowest BCUT2D eigenvalue weighted by Crippen LogP contribution is -2.06. The summed E-state index contributed by atoms with van der Waals surface area (Å²) in [5.74, 6) is 1.52. The lowest BCUT2D eigenvalue weighted by atomic mass is 10.1. The first kappa shape index (κ1) is 11.3. The van der Waals surface area contributed by atoms with E-state index in [-0.39, 0.29) is 0 Å². The predicted molar refractivity (Wildman–Crippen MR) is 58.2 cm³/mol. The summed E-state index contributed by atoms with van der Waals surface area (Å²) >= 11 is 5.69. The first-order valence-electron chi connectivity index (χ1n) is 4.64. The number of aryl methyl sites for hydroxylation is 1. The van der Waals surface area contributed by atoms with Gasteiger partial charge in [-0.1, -0.05) is 18.2 Å². The van der Waals surface area contributed by atoms with Crippen LogP contribution in [0.25, 0.3) is 0 Å². The third kappa shape index (κ3) is 3.56. The average Bonchev–Trinajstić information content (AvgIpc) is 2.21. The zero-order valence-electron chi connectivity index (χ0n) is 8.33. The smallest absolute Gasteiger partial charge is 0.122 e. The van der Waals surface area contributed by atoms with Crippen LogP contribution >= 0.6 is 11.6 Å². The van der Waals surface area contributed by atoms with Crippen LogP contribution in [0, 0.1) is 0 Å². The molecule has 0 atom stereocenters. The zero-order chi connectivity index (χ0) is 10.2. The molecule has 0 heterocycles. The molecule has 1 rings (SSSR count). The molecule has 0 saturated heterocycles. The monoisotopic (exact) mass is 214 g/mol. The third-order valence-corrected chi connectivity index (χ3v) is 2.07. The summed E-state index contributed by atoms with van der Waals surface area (Å²) in [4.78, 5) is 0. The Bertz CT molecular complexity index is 263. The van der Waals surface area contributed by atoms with Crippen molar-refractivity contribution in [3.05, 3.63) is 29.8 Å². The van der Waals surface area contributed by atoms with Crippen LogP contribution in [0.5, 0.6) is 5.75 Å². The Morgan fingerprint density at radius 1 is 1.21 bits per heavy atom. The van der Waals surface area contributed by atoms with Gasteiger partial charge in [0.15, 0.2) is 0 Å². The van der Waals surface area contributed by atoms with Gasteiger partial charge in [-0.25, -0.2) is 0 Å². The highest BCUT2D eigenvalue weighted by Crippen LogP contribution is 2.18. The van der Waals surface area contributed by atoms with Gasteiger partial charge in [0.05, 0.1) is 6.61 Å². The van der Waals surface area contributed by atoms with E-state index >= 15 is 0 Å². The molecule has 0 bridgehead atoms. The molecule has 0 aliphatic heterocycles. The van der Waals surface area contributed by atoms with Gasteiger partial charge in [-0.15, -0.1) is 11.6 Å². The van der Waals surface area contributed by atoms with Crippen LogP contribution in [0.4, 0.5) is 0 Å². The molecule has 1 aromatic rings. The highest BCUT2D eigenvalue weighted by molar-refractivity contribution is 6.18. The number of benzene rings is 1. The van der Waals surface area contributed by atoms with Gasteiger partial charge in [0.1, 0.15) is 12.4 Å². The van der Waals surface area contributed by atoms with Gasteiger partial charge in [-0.3, -0.25) is 0 Å². The van der Waals surface area contributed by atoms with Crippen molar-refractivity contribution in [2.75, 3.05) is 26.2 Å². The van der Waals surface area contributed by atoms with E-state index in [0.29, 0.717) is 19.1 Å². The molecule has 0 radical (unpaired) electrons. The topological polar surface area (TPSA) is 18.5 Å². The molecule has 0 amide bonds. The molecule has 0 unspecified atom stereocenters. The summed E-state index contributed by atoms with van der Waals surface area (Å²) in [5, 5.41) is 0. The van der Waals surface area contributed by atoms with Crippen LogP contribution in [0.3, 0.4) is 0 Å². The van der Waals surface area contributed by atoms with E-state index < -0.39 is 0 Å². The number of rotatable bonds is 6. The highest BCUT2D eigenvalue weighted by Gasteiger charge is 2.01. The van der Waals surface area contributed by atoms with Crippen molar-refractivity contribution >= 4 is 11.6 Å². The fourth-order valence-electron chi connectivity index (χ4n) is 1.19. The summed E-state index contributed by atoms with van der Waals surface area (Å²) in [5.41, 5.74) is 1.15. The van der Waals surface area contributed by atoms with Gasteiger partial charge in [0, 0.05) is 13.0 Å². The molecular formula is C11H15ClO2. The number of halogens is 1. The molecule has 0 aliphatic carbocycles. The molecule has 1 aromatic carbocycles. The summed E-state index contributed by atoms with van der Waals surface area (Å²) in [6, 6.07) is 7.94. The molecule has 14 heavy (non-hydrogen) atoms. The average molecular weight is 215 g/mol. The molecule has 0 saturated carbocycles. The normalized spacial score (nSPS) is 10.1. The maximum Gasteiger partial charge on any atom is 0.122 e. The Labute approximate surface area is 89.8 Å². The first-order valence-corrected chi connectivity index (χ1v) is 5.17. The van der Waals surface area contributed by atoms with Crippen molar-refractivity contribution in [1.29, 1.82) is 0 Å². The van der Waals surface area contributed by atoms with Crippen LogP contribution < -0.4 is 4.74 Å². The van der Waals surface area contributed by atoms with E-state index in [9.17, 15) is 0 Å². The van der Waals surface area contributed by atoms with Crippen molar-refractivity contribution in [3.63, 3.8) is 0 Å². The quantitative estimate of drug-likeness (QED) is 0.535. The standard InChI is InChI=1S/C11H15ClO2/c1-13-8-9-14-11-5-3-2-4-10(11)6-7-12/h2-5H,6-9H2,1H3. The molecule has 0 aliphatic rings. The summed E-state index contributed by atoms with van der Waals surface area (Å²) in [6.07, 6.45) is 0.838. The largest absolute Gasteiger partial charge is 0.491 e. The highest BCUT2D eigenvalue weighted by atomic mass is 35.5. The Hall–Kier alpha value is -0.730. The second-order valence-electron chi connectivity index (χ2n) is 2.89. The van der Waals surface area contributed by atoms with Gasteiger partial charge in [-0.05, 0) is 18.1 Å². The molecule has 0 fully saturated rings. The van der Waals surface area contributed by atoms with Crippen LogP contribution in [0.2, 0.25) is 0 Å². The molecule has 0 N–H and O–H groups in total. The van der Waals surface area contributed by atoms with E-state index in [0.717, 1.165) is 17.7 Å². The van der Waals surface area contributed by atoms with Crippen LogP contribution in [0.1, 0.15) is 5.56 Å². The van der Waals surface area contributed by atoms with Crippen molar-refractivity contribution in [2.24, 2.45) is 0 Å². The van der Waals surface area contributed by atoms with E-state index in [1.165, 1.54) is 0 Å². The first-order chi connectivity index (χ1) is 6.88. The minimum atomic E-state index is 0.579. The van der Waals surface area contributed by atoms with E-state index in [4.69, 9.17) is 21.1 Å². The minimum Gasteiger partial charge on any atom is -0.491 e. The number of alkyl halides is 1. The second kappa shape index (κ2) is 6.68. The fourth-order valence-corrected chi connectivity index (χ4v) is 1.39. The molecule has 0 spiro atoms. The Morgan fingerprint density at radius 3 is 2.71 bits per heavy atom. The summed E-state index contributed by atoms with van der Waals surface area (Å²) in [6.45, 7) is 1.19. The van der Waals surface area contributed by atoms with Gasteiger partial charge < -0.3 is 9.47 Å². The second-order valence-corrected chi connectivity index (χ2v) is 3.27. The maximum atomic E-state index is 5.69. The van der Waals surface area contributed by atoms with Crippen molar-refractivity contribution in [1.82, 2.24) is 0 Å². The number of hydrogen-bond donors (Lipinski definition) is 0. The van der Waals surface area contributed by atoms with Gasteiger partial charge in [0.2, 0.25) is 0 Å². The lowest BCUT2D eigenvalue weighted by molar-refractivity contribution is 0.146. The van der Waals surface area contributed by atoms with Crippen LogP contribution in [0.15, 0.2) is 24.3 Å². The zero-order valence-corrected chi connectivity index (χ0v) is 9.09. The molecule has 0 aromatic heterocycles. The number of para-hydroxylation sites is 1. The SMILES string of the molecule is COCCOc1ccccc1CCCl. The van der Waals surface area contributed by atoms with Crippen LogP contribution in [-0.4, -0.2) is 26.2 Å². The fraction of sp³-hybridized carbons (Fsp3) is 0.455. The van der Waals surface area contributed by atoms with Crippen molar-refractivity contribution in [3.8, 4) is 5.75 Å². The Balaban J connectivity index is 2.55. The minimum absolute atomic E-state index is 0.579. The Morgan fingerprint density at radius 2 is 2.00 bits per heavy atom. The summed E-state index contributed by atoms with van der Waals surface area (Å²) < 4.78 is 10.5. The molecule has 78 valence electrons. The van der Waals surface area contributed by atoms with Gasteiger partial charge in [0.25, 0.3) is 0 Å². The van der Waals surface area contributed by atoms with Crippen molar-refractivity contribution in [2.45, 2.75) is 6.42 Å². The van der Waals surface area contributed by atoms with E-state index in [2.05, 4.69) is 0 Å². The molecule has 3 heteroatoms. The van der Waals surface area contributed by atoms with Gasteiger partial charge >= 0.3 is 0 Å². The maximum absolute atomic E-state index is 5.69. The number of ether oxygens (including phenoxy) is 2. The summed E-state index contributed by atoms with van der Waals surface area (Å²) in [7, 11) is 1.66. The van der Waals surface area contributed by atoms with Crippen LogP contribution in [-0.2, 0) is 11.2 Å². The third-order valence-electron chi connectivity index (χ3n) is 1.88.